The van der Waals surface area contributed by atoms with Crippen molar-refractivity contribution in [2.75, 3.05) is 26.2 Å². The molecule has 1 aromatic rings. The lowest BCUT2D eigenvalue weighted by molar-refractivity contribution is -0.135. The number of likely N-dealkylation sites (tertiary alicyclic amines) is 1. The summed E-state index contributed by atoms with van der Waals surface area (Å²) in [6.07, 6.45) is 11.4. The minimum Gasteiger partial charge on any atom is -0.465 e. The van der Waals surface area contributed by atoms with Gasteiger partial charge in [0.05, 0.1) is 18.4 Å². The first-order valence-corrected chi connectivity index (χ1v) is 12.1. The molecule has 4 aliphatic rings. The van der Waals surface area contributed by atoms with E-state index in [2.05, 4.69) is 27.7 Å². The number of hydrogen-bond acceptors (Lipinski definition) is 4. The minimum absolute atomic E-state index is 0.00800. The number of carbonyl (C=O) groups excluding carboxylic acids is 2. The smallest absolute Gasteiger partial charge is 0.224 e. The van der Waals surface area contributed by atoms with Crippen LogP contribution in [0.25, 0.3) is 0 Å². The van der Waals surface area contributed by atoms with Crippen LogP contribution in [0.3, 0.4) is 0 Å². The van der Waals surface area contributed by atoms with E-state index in [-0.39, 0.29) is 40.9 Å². The van der Waals surface area contributed by atoms with Gasteiger partial charge < -0.3 is 20.0 Å². The predicted molar refractivity (Wildman–Crippen MR) is 118 cm³/mol. The number of unbranched alkanes of at least 4 members (excludes halogenated alkanes) is 1. The van der Waals surface area contributed by atoms with E-state index in [1.165, 1.54) is 25.9 Å². The maximum Gasteiger partial charge on any atom is 0.224 e. The number of furan rings is 1. The summed E-state index contributed by atoms with van der Waals surface area (Å²) in [5.41, 5.74) is 0.168. The van der Waals surface area contributed by atoms with E-state index in [0.29, 0.717) is 13.1 Å². The summed E-state index contributed by atoms with van der Waals surface area (Å²) in [6, 6.07) is 3.80. The molecule has 3 fully saturated rings. The molecule has 1 saturated heterocycles. The van der Waals surface area contributed by atoms with Crippen LogP contribution in [0.1, 0.15) is 50.0 Å². The molecular formula is C25H35N3O3. The second kappa shape index (κ2) is 8.45. The Labute approximate surface area is 184 Å². The van der Waals surface area contributed by atoms with Gasteiger partial charge in [-0.25, -0.2) is 0 Å². The van der Waals surface area contributed by atoms with E-state index in [0.717, 1.165) is 43.7 Å². The van der Waals surface area contributed by atoms with Gasteiger partial charge in [-0.2, -0.15) is 0 Å². The molecule has 6 nitrogen and oxygen atoms in total. The van der Waals surface area contributed by atoms with Gasteiger partial charge >= 0.3 is 0 Å². The molecule has 2 saturated carbocycles. The molecule has 1 spiro atoms. The Hall–Kier alpha value is -2.08. The molecule has 168 valence electrons. The van der Waals surface area contributed by atoms with Gasteiger partial charge in [0.2, 0.25) is 11.8 Å². The van der Waals surface area contributed by atoms with Crippen molar-refractivity contribution in [2.45, 2.75) is 52.0 Å². The Morgan fingerprint density at radius 2 is 1.71 bits per heavy atom. The number of amides is 2. The predicted octanol–water partition coefficient (Wildman–Crippen LogP) is 3.02. The highest BCUT2D eigenvalue weighted by Crippen LogP contribution is 2.72. The van der Waals surface area contributed by atoms with Gasteiger partial charge in [0.15, 0.2) is 0 Å². The van der Waals surface area contributed by atoms with Crippen LogP contribution in [-0.2, 0) is 16.1 Å². The molecule has 3 aliphatic carbocycles. The molecule has 2 N–H and O–H groups in total. The molecule has 1 aromatic heterocycles. The highest BCUT2D eigenvalue weighted by Gasteiger charge is 2.69. The van der Waals surface area contributed by atoms with Crippen molar-refractivity contribution in [1.29, 1.82) is 0 Å². The van der Waals surface area contributed by atoms with Crippen LogP contribution in [0.5, 0.6) is 0 Å². The zero-order valence-electron chi connectivity index (χ0n) is 18.6. The Bertz CT molecular complexity index is 850. The van der Waals surface area contributed by atoms with E-state index in [1.54, 1.807) is 0 Å². The molecule has 0 aromatic carbocycles. The molecule has 0 radical (unpaired) electrons. The summed E-state index contributed by atoms with van der Waals surface area (Å²) in [5, 5.41) is 6.22. The fraction of sp³-hybridized carbons (Fsp3) is 0.680. The topological polar surface area (TPSA) is 74.6 Å². The number of nitrogens with one attached hydrogen (secondary N) is 2. The van der Waals surface area contributed by atoms with E-state index in [1.807, 2.05) is 19.1 Å². The third kappa shape index (κ3) is 3.95. The monoisotopic (exact) mass is 425 g/mol. The van der Waals surface area contributed by atoms with E-state index in [9.17, 15) is 9.59 Å². The third-order valence-electron chi connectivity index (χ3n) is 8.08. The summed E-state index contributed by atoms with van der Waals surface area (Å²) < 4.78 is 5.59. The van der Waals surface area contributed by atoms with Gasteiger partial charge in [0.1, 0.15) is 11.5 Å². The molecule has 2 heterocycles. The first kappa shape index (κ1) is 20.8. The number of nitrogens with zero attached hydrogens (tertiary/aromatic N) is 1. The Kier molecular flexibility index (Phi) is 5.67. The van der Waals surface area contributed by atoms with Crippen molar-refractivity contribution < 1.29 is 14.0 Å². The first-order chi connectivity index (χ1) is 15.1. The Morgan fingerprint density at radius 3 is 2.32 bits per heavy atom. The highest BCUT2D eigenvalue weighted by molar-refractivity contribution is 5.90. The summed E-state index contributed by atoms with van der Waals surface area (Å²) in [6.45, 7) is 6.56. The SMILES string of the molecule is Cc1ccc(CNC(=O)[C@H]2[C@H](C(=O)NCCCCN3CCCC3)[C@H]3C=C[C@@H]2C32CC2)o1. The molecule has 2 amide bonds. The van der Waals surface area contributed by atoms with Crippen LogP contribution in [0, 0.1) is 36.0 Å². The number of carbonyl (C=O) groups is 2. The molecule has 1 aliphatic heterocycles. The Morgan fingerprint density at radius 1 is 1.03 bits per heavy atom. The summed E-state index contributed by atoms with van der Waals surface area (Å²) >= 11 is 0. The van der Waals surface area contributed by atoms with E-state index < -0.39 is 0 Å². The standard InChI is InChI=1S/C25H35N3O3/c1-17-6-7-18(31-17)16-27-24(30)22-20-9-8-19(25(20)10-11-25)21(22)23(29)26-12-2-3-13-28-14-4-5-15-28/h6-9,19-22H,2-5,10-16H2,1H3,(H,26,29)(H,27,30)/t19-,20+,21-,22-/m1/s1. The van der Waals surface area contributed by atoms with Crippen LogP contribution >= 0.6 is 0 Å². The Balaban J connectivity index is 1.17. The molecular weight excluding hydrogens is 390 g/mol. The molecule has 6 heteroatoms. The molecule has 2 bridgehead atoms. The summed E-state index contributed by atoms with van der Waals surface area (Å²) in [5.74, 6) is 1.55. The van der Waals surface area contributed by atoms with Crippen molar-refractivity contribution in [3.05, 3.63) is 35.8 Å². The number of allylic oxidation sites excluding steroid dienone is 2. The normalized spacial score (nSPS) is 30.2. The lowest BCUT2D eigenvalue weighted by Crippen LogP contribution is -2.44. The minimum atomic E-state index is -0.266. The van der Waals surface area contributed by atoms with Gasteiger partial charge in [-0.3, -0.25) is 9.59 Å². The van der Waals surface area contributed by atoms with Crippen LogP contribution < -0.4 is 10.6 Å². The average Bonchev–Trinajstić information content (AvgIpc) is 3.06. The molecule has 0 unspecified atom stereocenters. The molecule has 31 heavy (non-hydrogen) atoms. The quantitative estimate of drug-likeness (QED) is 0.471. The van der Waals surface area contributed by atoms with Crippen LogP contribution in [0.15, 0.2) is 28.7 Å². The lowest BCUT2D eigenvalue weighted by atomic mass is 9.81. The number of rotatable bonds is 9. The maximum absolute atomic E-state index is 13.2. The number of hydrogen-bond donors (Lipinski definition) is 2. The number of aryl methyl sites for hydroxylation is 1. The fourth-order valence-electron chi connectivity index (χ4n) is 6.38. The van der Waals surface area contributed by atoms with Gasteiger partial charge in [0, 0.05) is 6.54 Å². The second-order valence-electron chi connectivity index (χ2n) is 10.00. The van der Waals surface area contributed by atoms with Gasteiger partial charge in [-0.05, 0) is 94.5 Å². The second-order valence-corrected chi connectivity index (χ2v) is 10.00. The molecule has 5 rings (SSSR count). The first-order valence-electron chi connectivity index (χ1n) is 12.1. The van der Waals surface area contributed by atoms with E-state index in [4.69, 9.17) is 4.42 Å². The summed E-state index contributed by atoms with van der Waals surface area (Å²) in [7, 11) is 0. The fourth-order valence-corrected chi connectivity index (χ4v) is 6.38. The van der Waals surface area contributed by atoms with Gasteiger partial charge in [-0.15, -0.1) is 0 Å². The van der Waals surface area contributed by atoms with Crippen molar-refractivity contribution in [3.8, 4) is 0 Å². The average molecular weight is 426 g/mol. The molecule has 4 atom stereocenters. The largest absolute Gasteiger partial charge is 0.465 e. The van der Waals surface area contributed by atoms with Gasteiger partial charge in [-0.1, -0.05) is 12.2 Å². The van der Waals surface area contributed by atoms with Crippen LogP contribution in [0.4, 0.5) is 0 Å². The van der Waals surface area contributed by atoms with Crippen molar-refractivity contribution in [1.82, 2.24) is 15.5 Å². The van der Waals surface area contributed by atoms with Crippen LogP contribution in [-0.4, -0.2) is 42.9 Å². The van der Waals surface area contributed by atoms with Gasteiger partial charge in [0.25, 0.3) is 0 Å². The van der Waals surface area contributed by atoms with Crippen molar-refractivity contribution >= 4 is 11.8 Å². The zero-order valence-corrected chi connectivity index (χ0v) is 18.6. The summed E-state index contributed by atoms with van der Waals surface area (Å²) in [4.78, 5) is 28.9. The van der Waals surface area contributed by atoms with Crippen molar-refractivity contribution in [2.24, 2.45) is 29.1 Å². The highest BCUT2D eigenvalue weighted by atomic mass is 16.3. The zero-order chi connectivity index (χ0) is 21.4. The lowest BCUT2D eigenvalue weighted by Gasteiger charge is -2.26. The van der Waals surface area contributed by atoms with Crippen LogP contribution in [0.2, 0.25) is 0 Å². The van der Waals surface area contributed by atoms with Crippen molar-refractivity contribution in [3.63, 3.8) is 0 Å². The maximum atomic E-state index is 13.2. The third-order valence-corrected chi connectivity index (χ3v) is 8.08. The van der Waals surface area contributed by atoms with E-state index >= 15 is 0 Å².